The maximum Gasteiger partial charge on any atom is 0.204 e. The van der Waals surface area contributed by atoms with Crippen molar-refractivity contribution < 1.29 is 18.3 Å². The molecule has 1 aromatic carbocycles. The minimum atomic E-state index is -0.957. The fourth-order valence-corrected chi connectivity index (χ4v) is 2.16. The minimum Gasteiger partial charge on any atom is -0.490 e. The SMILES string of the molecule is CCCCCCOc1ccc(OCCCCCC)c(F)c1F. The third-order valence-electron chi connectivity index (χ3n) is 3.52. The van der Waals surface area contributed by atoms with Crippen molar-refractivity contribution in [1.29, 1.82) is 0 Å². The monoisotopic (exact) mass is 314 g/mol. The molecule has 0 unspecified atom stereocenters. The first-order chi connectivity index (χ1) is 10.7. The van der Waals surface area contributed by atoms with Gasteiger partial charge in [0.15, 0.2) is 11.5 Å². The zero-order chi connectivity index (χ0) is 16.2. The molecular formula is C18H28F2O2. The number of halogens is 2. The molecule has 0 heterocycles. The van der Waals surface area contributed by atoms with E-state index in [4.69, 9.17) is 9.47 Å². The summed E-state index contributed by atoms with van der Waals surface area (Å²) in [7, 11) is 0. The first-order valence-corrected chi connectivity index (χ1v) is 8.44. The maximum atomic E-state index is 13.9. The van der Waals surface area contributed by atoms with Gasteiger partial charge in [-0.05, 0) is 25.0 Å². The lowest BCUT2D eigenvalue weighted by atomic mass is 10.2. The standard InChI is InChI=1S/C18H28F2O2/c1-3-5-7-9-13-21-15-11-12-16(18(20)17(15)19)22-14-10-8-6-4-2/h11-12H,3-10,13-14H2,1-2H3. The molecule has 0 aliphatic heterocycles. The predicted molar refractivity (Wildman–Crippen MR) is 85.6 cm³/mol. The van der Waals surface area contributed by atoms with Crippen molar-refractivity contribution in [2.75, 3.05) is 13.2 Å². The number of unbranched alkanes of at least 4 members (excludes halogenated alkanes) is 6. The molecule has 0 aromatic heterocycles. The van der Waals surface area contributed by atoms with E-state index < -0.39 is 11.6 Å². The number of hydrogen-bond acceptors (Lipinski definition) is 2. The summed E-state index contributed by atoms with van der Waals surface area (Å²) in [5.74, 6) is -1.98. The summed E-state index contributed by atoms with van der Waals surface area (Å²) in [6.07, 6.45) is 8.31. The van der Waals surface area contributed by atoms with Crippen LogP contribution in [-0.2, 0) is 0 Å². The van der Waals surface area contributed by atoms with E-state index >= 15 is 0 Å². The molecule has 0 bridgehead atoms. The van der Waals surface area contributed by atoms with Crippen LogP contribution in [0.2, 0.25) is 0 Å². The van der Waals surface area contributed by atoms with Crippen LogP contribution in [0.15, 0.2) is 12.1 Å². The molecule has 0 saturated carbocycles. The van der Waals surface area contributed by atoms with E-state index in [0.29, 0.717) is 13.2 Å². The lowest BCUT2D eigenvalue weighted by molar-refractivity contribution is 0.267. The average molecular weight is 314 g/mol. The Bertz CT molecular complexity index is 383. The third-order valence-corrected chi connectivity index (χ3v) is 3.52. The Morgan fingerprint density at radius 2 is 1.09 bits per heavy atom. The van der Waals surface area contributed by atoms with Gasteiger partial charge in [-0.3, -0.25) is 0 Å². The van der Waals surface area contributed by atoms with Gasteiger partial charge in [-0.2, -0.15) is 8.78 Å². The molecule has 0 fully saturated rings. The van der Waals surface area contributed by atoms with Gasteiger partial charge < -0.3 is 9.47 Å². The van der Waals surface area contributed by atoms with Crippen molar-refractivity contribution in [3.05, 3.63) is 23.8 Å². The van der Waals surface area contributed by atoms with Crippen molar-refractivity contribution in [3.63, 3.8) is 0 Å². The minimum absolute atomic E-state index is 0.0349. The molecular weight excluding hydrogens is 286 g/mol. The van der Waals surface area contributed by atoms with Gasteiger partial charge in [0.05, 0.1) is 13.2 Å². The molecule has 0 spiro atoms. The smallest absolute Gasteiger partial charge is 0.204 e. The average Bonchev–Trinajstić information content (AvgIpc) is 2.52. The van der Waals surface area contributed by atoms with E-state index in [1.165, 1.54) is 12.1 Å². The van der Waals surface area contributed by atoms with E-state index in [2.05, 4.69) is 13.8 Å². The molecule has 0 aliphatic rings. The van der Waals surface area contributed by atoms with Gasteiger partial charge in [-0.15, -0.1) is 0 Å². The number of rotatable bonds is 12. The van der Waals surface area contributed by atoms with Gasteiger partial charge in [-0.25, -0.2) is 0 Å². The van der Waals surface area contributed by atoms with E-state index in [9.17, 15) is 8.78 Å². The van der Waals surface area contributed by atoms with Crippen molar-refractivity contribution >= 4 is 0 Å². The normalized spacial score (nSPS) is 10.7. The second-order valence-corrected chi connectivity index (χ2v) is 5.51. The van der Waals surface area contributed by atoms with Crippen LogP contribution in [0.3, 0.4) is 0 Å². The number of benzene rings is 1. The largest absolute Gasteiger partial charge is 0.490 e. The molecule has 0 saturated heterocycles. The van der Waals surface area contributed by atoms with Gasteiger partial charge in [-0.1, -0.05) is 52.4 Å². The molecule has 22 heavy (non-hydrogen) atoms. The molecule has 126 valence electrons. The van der Waals surface area contributed by atoms with Crippen LogP contribution in [0.4, 0.5) is 8.78 Å². The Labute approximate surface area is 132 Å². The molecule has 0 amide bonds. The topological polar surface area (TPSA) is 18.5 Å². The van der Waals surface area contributed by atoms with Crippen LogP contribution in [0.5, 0.6) is 11.5 Å². The predicted octanol–water partition coefficient (Wildman–Crippen LogP) is 5.88. The molecule has 0 radical (unpaired) electrons. The summed E-state index contributed by atoms with van der Waals surface area (Å²) in [5, 5.41) is 0. The summed E-state index contributed by atoms with van der Waals surface area (Å²) >= 11 is 0. The highest BCUT2D eigenvalue weighted by Crippen LogP contribution is 2.28. The highest BCUT2D eigenvalue weighted by atomic mass is 19.2. The van der Waals surface area contributed by atoms with Crippen LogP contribution in [-0.4, -0.2) is 13.2 Å². The lowest BCUT2D eigenvalue weighted by Crippen LogP contribution is -2.04. The van der Waals surface area contributed by atoms with Crippen LogP contribution in [0, 0.1) is 11.6 Å². The highest BCUT2D eigenvalue weighted by Gasteiger charge is 2.15. The van der Waals surface area contributed by atoms with Crippen LogP contribution in [0.25, 0.3) is 0 Å². The molecule has 1 aromatic rings. The fraction of sp³-hybridized carbons (Fsp3) is 0.667. The Kier molecular flexibility index (Phi) is 9.60. The Morgan fingerprint density at radius 1 is 0.682 bits per heavy atom. The van der Waals surface area contributed by atoms with Gasteiger partial charge in [0.1, 0.15) is 0 Å². The molecule has 1 rings (SSSR count). The van der Waals surface area contributed by atoms with Crippen molar-refractivity contribution in [2.24, 2.45) is 0 Å². The van der Waals surface area contributed by atoms with E-state index in [1.54, 1.807) is 0 Å². The summed E-state index contributed by atoms with van der Waals surface area (Å²) < 4.78 is 38.4. The molecule has 4 heteroatoms. The summed E-state index contributed by atoms with van der Waals surface area (Å²) in [5.41, 5.74) is 0. The van der Waals surface area contributed by atoms with Crippen LogP contribution >= 0.6 is 0 Å². The molecule has 0 atom stereocenters. The van der Waals surface area contributed by atoms with Crippen LogP contribution < -0.4 is 9.47 Å². The Balaban J connectivity index is 2.42. The summed E-state index contributed by atoms with van der Waals surface area (Å²) in [6.45, 7) is 5.06. The quantitative estimate of drug-likeness (QED) is 0.448. The number of ether oxygens (including phenoxy) is 2. The highest BCUT2D eigenvalue weighted by molar-refractivity contribution is 5.35. The lowest BCUT2D eigenvalue weighted by Gasteiger charge is -2.11. The Morgan fingerprint density at radius 3 is 1.45 bits per heavy atom. The zero-order valence-electron chi connectivity index (χ0n) is 13.8. The van der Waals surface area contributed by atoms with Gasteiger partial charge in [0.2, 0.25) is 11.6 Å². The summed E-state index contributed by atoms with van der Waals surface area (Å²) in [4.78, 5) is 0. The van der Waals surface area contributed by atoms with Crippen molar-refractivity contribution in [1.82, 2.24) is 0 Å². The Hall–Kier alpha value is -1.32. The first kappa shape index (κ1) is 18.7. The second-order valence-electron chi connectivity index (χ2n) is 5.51. The maximum absolute atomic E-state index is 13.9. The molecule has 0 aliphatic carbocycles. The second kappa shape index (κ2) is 11.3. The number of hydrogen-bond donors (Lipinski definition) is 0. The van der Waals surface area contributed by atoms with Gasteiger partial charge in [0.25, 0.3) is 0 Å². The fourth-order valence-electron chi connectivity index (χ4n) is 2.16. The van der Waals surface area contributed by atoms with Gasteiger partial charge >= 0.3 is 0 Å². The van der Waals surface area contributed by atoms with Crippen LogP contribution in [0.1, 0.15) is 65.2 Å². The first-order valence-electron chi connectivity index (χ1n) is 8.44. The van der Waals surface area contributed by atoms with Crippen molar-refractivity contribution in [3.8, 4) is 11.5 Å². The van der Waals surface area contributed by atoms with E-state index in [0.717, 1.165) is 51.4 Å². The molecule has 2 nitrogen and oxygen atoms in total. The van der Waals surface area contributed by atoms with E-state index in [-0.39, 0.29) is 11.5 Å². The van der Waals surface area contributed by atoms with Gasteiger partial charge in [0, 0.05) is 0 Å². The van der Waals surface area contributed by atoms with E-state index in [1.807, 2.05) is 0 Å². The third kappa shape index (κ3) is 6.63. The molecule has 0 N–H and O–H groups in total. The van der Waals surface area contributed by atoms with Crippen molar-refractivity contribution in [2.45, 2.75) is 65.2 Å². The zero-order valence-corrected chi connectivity index (χ0v) is 13.8. The summed E-state index contributed by atoms with van der Waals surface area (Å²) in [6, 6.07) is 2.89.